The molecule has 0 atom stereocenters. The minimum atomic E-state index is 0.592. The van der Waals surface area contributed by atoms with E-state index < -0.39 is 0 Å². The molecule has 3 N–H and O–H groups in total. The second-order valence-electron chi connectivity index (χ2n) is 3.01. The van der Waals surface area contributed by atoms with Gasteiger partial charge in [-0.15, -0.1) is 0 Å². The van der Waals surface area contributed by atoms with E-state index in [2.05, 4.69) is 23.7 Å². The highest BCUT2D eigenvalue weighted by Gasteiger charge is 1.88. The predicted octanol–water partition coefficient (Wildman–Crippen LogP) is 2.17. The number of hydrogen-bond donors (Lipinski definition) is 2. The van der Waals surface area contributed by atoms with Gasteiger partial charge in [0.2, 0.25) is 0 Å². The van der Waals surface area contributed by atoms with Crippen molar-refractivity contribution in [2.24, 2.45) is 5.73 Å². The fourth-order valence-corrected chi connectivity index (χ4v) is 1.08. The van der Waals surface area contributed by atoms with Crippen LogP contribution in [-0.4, -0.2) is 7.05 Å². The standard InChI is InChI=1S/C12H12N2.CH5N/c1-10-4-3-5-12(8-10)7-6-11(2)14-9-13;1-2/h3-8,14H,2H2,1H3;2H2,1H3/b7-6+;. The molecule has 3 heteroatoms. The zero-order valence-corrected chi connectivity index (χ0v) is 9.70. The number of nitriles is 1. The van der Waals surface area contributed by atoms with Gasteiger partial charge in [0.1, 0.15) is 0 Å². The smallest absolute Gasteiger partial charge is 0.181 e. The van der Waals surface area contributed by atoms with Gasteiger partial charge < -0.3 is 5.73 Å². The van der Waals surface area contributed by atoms with Crippen molar-refractivity contribution in [3.63, 3.8) is 0 Å². The van der Waals surface area contributed by atoms with Gasteiger partial charge in [0.25, 0.3) is 0 Å². The third kappa shape index (κ3) is 5.63. The zero-order chi connectivity index (χ0) is 12.4. The summed E-state index contributed by atoms with van der Waals surface area (Å²) in [6, 6.07) is 8.11. The van der Waals surface area contributed by atoms with Crippen molar-refractivity contribution >= 4 is 6.08 Å². The molecular formula is C13H17N3. The molecule has 0 spiro atoms. The van der Waals surface area contributed by atoms with Crippen molar-refractivity contribution in [3.05, 3.63) is 53.7 Å². The van der Waals surface area contributed by atoms with Gasteiger partial charge in [-0.1, -0.05) is 42.5 Å². The van der Waals surface area contributed by atoms with Crippen molar-refractivity contribution in [2.45, 2.75) is 6.92 Å². The second-order valence-corrected chi connectivity index (χ2v) is 3.01. The zero-order valence-electron chi connectivity index (χ0n) is 9.70. The number of nitrogens with zero attached hydrogens (tertiary/aromatic N) is 1. The molecule has 84 valence electrons. The number of nitrogens with one attached hydrogen (secondary N) is 1. The van der Waals surface area contributed by atoms with Crippen molar-refractivity contribution in [1.29, 1.82) is 5.26 Å². The Labute approximate surface area is 96.9 Å². The van der Waals surface area contributed by atoms with Crippen LogP contribution in [0.5, 0.6) is 0 Å². The first-order chi connectivity index (χ1) is 7.72. The number of rotatable bonds is 3. The second kappa shape index (κ2) is 8.27. The SMILES string of the molecule is C=C(/C=C/c1cccc(C)c1)NC#N.CN. The molecule has 1 rings (SSSR count). The maximum absolute atomic E-state index is 8.32. The minimum absolute atomic E-state index is 0.592. The quantitative estimate of drug-likeness (QED) is 0.461. The van der Waals surface area contributed by atoms with E-state index in [9.17, 15) is 0 Å². The van der Waals surface area contributed by atoms with Crippen LogP contribution in [0.25, 0.3) is 6.08 Å². The van der Waals surface area contributed by atoms with E-state index in [0.717, 1.165) is 5.56 Å². The summed E-state index contributed by atoms with van der Waals surface area (Å²) >= 11 is 0. The van der Waals surface area contributed by atoms with E-state index in [4.69, 9.17) is 5.26 Å². The highest BCUT2D eigenvalue weighted by molar-refractivity contribution is 5.53. The summed E-state index contributed by atoms with van der Waals surface area (Å²) in [5.74, 6) is 0. The average molecular weight is 215 g/mol. The van der Waals surface area contributed by atoms with Crippen LogP contribution in [0.15, 0.2) is 42.6 Å². The molecule has 0 aliphatic rings. The first-order valence-electron chi connectivity index (χ1n) is 4.89. The molecule has 0 aromatic heterocycles. The number of nitrogens with two attached hydrogens (primary N) is 1. The number of hydrogen-bond acceptors (Lipinski definition) is 3. The van der Waals surface area contributed by atoms with Gasteiger partial charge in [-0.25, -0.2) is 0 Å². The number of aryl methyl sites for hydroxylation is 1. The van der Waals surface area contributed by atoms with Crippen molar-refractivity contribution in [2.75, 3.05) is 7.05 Å². The largest absolute Gasteiger partial charge is 0.333 e. The van der Waals surface area contributed by atoms with Crippen LogP contribution in [0.2, 0.25) is 0 Å². The van der Waals surface area contributed by atoms with Crippen molar-refractivity contribution < 1.29 is 0 Å². The molecule has 1 aromatic carbocycles. The Bertz CT molecular complexity index is 400. The summed E-state index contributed by atoms with van der Waals surface area (Å²) in [5.41, 5.74) is 7.41. The van der Waals surface area contributed by atoms with Crippen LogP contribution < -0.4 is 11.1 Å². The van der Waals surface area contributed by atoms with Crippen LogP contribution in [0.1, 0.15) is 11.1 Å². The highest BCUT2D eigenvalue weighted by Crippen LogP contribution is 2.06. The van der Waals surface area contributed by atoms with E-state index >= 15 is 0 Å². The number of allylic oxidation sites excluding steroid dienone is 1. The van der Waals surface area contributed by atoms with Gasteiger partial charge in [0, 0.05) is 5.70 Å². The molecule has 0 amide bonds. The lowest BCUT2D eigenvalue weighted by molar-refractivity contribution is 1.13. The van der Waals surface area contributed by atoms with Crippen LogP contribution in [0, 0.1) is 18.4 Å². The molecule has 1 aromatic rings. The Kier molecular flexibility index (Phi) is 7.21. The Morgan fingerprint density at radius 3 is 2.75 bits per heavy atom. The summed E-state index contributed by atoms with van der Waals surface area (Å²) < 4.78 is 0. The van der Waals surface area contributed by atoms with Gasteiger partial charge in [-0.3, -0.25) is 5.32 Å². The van der Waals surface area contributed by atoms with Crippen LogP contribution in [0.4, 0.5) is 0 Å². The monoisotopic (exact) mass is 215 g/mol. The Hall–Kier alpha value is -2.05. The van der Waals surface area contributed by atoms with Crippen LogP contribution >= 0.6 is 0 Å². The van der Waals surface area contributed by atoms with Gasteiger partial charge in [0.05, 0.1) is 0 Å². The summed E-state index contributed by atoms with van der Waals surface area (Å²) in [6.45, 7) is 5.70. The summed E-state index contributed by atoms with van der Waals surface area (Å²) in [7, 11) is 1.50. The maximum Gasteiger partial charge on any atom is 0.181 e. The van der Waals surface area contributed by atoms with Gasteiger partial charge in [-0.2, -0.15) is 5.26 Å². The first-order valence-corrected chi connectivity index (χ1v) is 4.89. The predicted molar refractivity (Wildman–Crippen MR) is 68.2 cm³/mol. The molecule has 0 radical (unpaired) electrons. The lowest BCUT2D eigenvalue weighted by Gasteiger charge is -1.96. The van der Waals surface area contributed by atoms with E-state index in [0.29, 0.717) is 5.70 Å². The summed E-state index contributed by atoms with van der Waals surface area (Å²) in [4.78, 5) is 0. The molecule has 0 aliphatic carbocycles. The highest BCUT2D eigenvalue weighted by atomic mass is 14.9. The topological polar surface area (TPSA) is 61.8 Å². The minimum Gasteiger partial charge on any atom is -0.333 e. The van der Waals surface area contributed by atoms with Crippen LogP contribution in [0.3, 0.4) is 0 Å². The lowest BCUT2D eigenvalue weighted by atomic mass is 10.1. The molecule has 0 unspecified atom stereocenters. The molecule has 0 saturated heterocycles. The Morgan fingerprint density at radius 2 is 2.19 bits per heavy atom. The molecule has 0 saturated carbocycles. The van der Waals surface area contributed by atoms with Crippen molar-refractivity contribution in [1.82, 2.24) is 5.32 Å². The fraction of sp³-hybridized carbons (Fsp3) is 0.154. The first kappa shape index (κ1) is 13.9. The van der Waals surface area contributed by atoms with Crippen molar-refractivity contribution in [3.8, 4) is 6.19 Å². The molecule has 0 aliphatic heterocycles. The Balaban J connectivity index is 0.00000106. The fourth-order valence-electron chi connectivity index (χ4n) is 1.08. The number of benzene rings is 1. The summed E-state index contributed by atoms with van der Waals surface area (Å²) in [5, 5.41) is 10.8. The van der Waals surface area contributed by atoms with E-state index in [-0.39, 0.29) is 0 Å². The van der Waals surface area contributed by atoms with E-state index in [1.807, 2.05) is 37.4 Å². The third-order valence-corrected chi connectivity index (χ3v) is 1.74. The van der Waals surface area contributed by atoms with E-state index in [1.54, 1.807) is 6.08 Å². The van der Waals surface area contributed by atoms with E-state index in [1.165, 1.54) is 12.6 Å². The van der Waals surface area contributed by atoms with Gasteiger partial charge in [0.15, 0.2) is 6.19 Å². The van der Waals surface area contributed by atoms with Gasteiger partial charge >= 0.3 is 0 Å². The average Bonchev–Trinajstić information content (AvgIpc) is 2.30. The summed E-state index contributed by atoms with van der Waals surface area (Å²) in [6.07, 6.45) is 5.51. The molecule has 0 bridgehead atoms. The van der Waals surface area contributed by atoms with Crippen LogP contribution in [-0.2, 0) is 0 Å². The molecule has 16 heavy (non-hydrogen) atoms. The normalized spacial score (nSPS) is 8.88. The third-order valence-electron chi connectivity index (χ3n) is 1.74. The van der Waals surface area contributed by atoms with Gasteiger partial charge in [-0.05, 0) is 25.6 Å². The molecule has 0 fully saturated rings. The Morgan fingerprint density at radius 1 is 1.50 bits per heavy atom. The molecule has 0 heterocycles. The lowest BCUT2D eigenvalue weighted by Crippen LogP contribution is -1.99. The molecular weight excluding hydrogens is 198 g/mol. The molecule has 3 nitrogen and oxygen atoms in total. The maximum atomic E-state index is 8.32.